The van der Waals surface area contributed by atoms with Gasteiger partial charge in [-0.2, -0.15) is 0 Å². The van der Waals surface area contributed by atoms with Crippen LogP contribution in [-0.2, 0) is 4.79 Å². The minimum atomic E-state index is -0.305. The smallest absolute Gasteiger partial charge is 0.256 e. The third-order valence-electron chi connectivity index (χ3n) is 4.53. The molecule has 0 radical (unpaired) electrons. The molecule has 0 aromatic heterocycles. The van der Waals surface area contributed by atoms with Crippen molar-refractivity contribution in [1.82, 2.24) is 4.90 Å². The minimum absolute atomic E-state index is 0.0412. The number of unbranched alkanes of at least 4 members (excludes halogenated alkanes) is 2. The third-order valence-corrected chi connectivity index (χ3v) is 4.77. The summed E-state index contributed by atoms with van der Waals surface area (Å²) in [6, 6.07) is 4.92. The monoisotopic (exact) mass is 320 g/mol. The SMILES string of the molecule is CCCCCN1C(=O)[C@@H]2CCCN2C(=O)c2ccc(Cl)cc21. The number of carbonyl (C=O) groups excluding carboxylic acids is 2. The zero-order valence-corrected chi connectivity index (χ0v) is 13.6. The molecule has 118 valence electrons. The highest BCUT2D eigenvalue weighted by atomic mass is 35.5. The zero-order chi connectivity index (χ0) is 15.7. The van der Waals surface area contributed by atoms with Crippen LogP contribution in [0.5, 0.6) is 0 Å². The molecule has 3 rings (SSSR count). The number of rotatable bonds is 4. The van der Waals surface area contributed by atoms with Gasteiger partial charge in [-0.25, -0.2) is 0 Å². The van der Waals surface area contributed by atoms with Crippen LogP contribution in [0.25, 0.3) is 0 Å². The van der Waals surface area contributed by atoms with Gasteiger partial charge in [-0.05, 0) is 37.5 Å². The molecule has 0 spiro atoms. The van der Waals surface area contributed by atoms with Gasteiger partial charge in [-0.3, -0.25) is 9.59 Å². The van der Waals surface area contributed by atoms with E-state index in [0.717, 1.165) is 32.1 Å². The summed E-state index contributed by atoms with van der Waals surface area (Å²) < 4.78 is 0. The van der Waals surface area contributed by atoms with Gasteiger partial charge in [0.1, 0.15) is 6.04 Å². The van der Waals surface area contributed by atoms with E-state index in [1.54, 1.807) is 28.0 Å². The Kier molecular flexibility index (Phi) is 4.39. The first kappa shape index (κ1) is 15.3. The van der Waals surface area contributed by atoms with Gasteiger partial charge < -0.3 is 9.80 Å². The van der Waals surface area contributed by atoms with Crippen LogP contribution in [0.4, 0.5) is 5.69 Å². The molecule has 1 atom stereocenters. The van der Waals surface area contributed by atoms with E-state index in [0.29, 0.717) is 29.4 Å². The Balaban J connectivity index is 2.02. The van der Waals surface area contributed by atoms with Crippen molar-refractivity contribution in [2.45, 2.75) is 45.1 Å². The van der Waals surface area contributed by atoms with Crippen LogP contribution in [0, 0.1) is 0 Å². The molecule has 2 aliphatic heterocycles. The highest BCUT2D eigenvalue weighted by molar-refractivity contribution is 6.31. The number of nitrogens with zero attached hydrogens (tertiary/aromatic N) is 2. The van der Waals surface area contributed by atoms with Gasteiger partial charge >= 0.3 is 0 Å². The summed E-state index contributed by atoms with van der Waals surface area (Å²) in [5, 5.41) is 0.557. The standard InChI is InChI=1S/C17H21ClN2O2/c1-2-3-4-9-20-15-11-12(18)7-8-13(15)16(21)19-10-5-6-14(19)17(20)22/h7-8,11,14H,2-6,9-10H2,1H3/t14-/m0/s1. The number of fused-ring (bicyclic) bond motifs is 2. The molecule has 2 aliphatic rings. The van der Waals surface area contributed by atoms with Gasteiger partial charge in [0.25, 0.3) is 5.91 Å². The largest absolute Gasteiger partial charge is 0.327 e. The van der Waals surface area contributed by atoms with Crippen LogP contribution in [0.2, 0.25) is 5.02 Å². The number of amides is 2. The zero-order valence-electron chi connectivity index (χ0n) is 12.8. The molecule has 1 saturated heterocycles. The first-order chi connectivity index (χ1) is 10.6. The second-order valence-corrected chi connectivity index (χ2v) is 6.45. The van der Waals surface area contributed by atoms with Gasteiger partial charge in [-0.15, -0.1) is 0 Å². The van der Waals surface area contributed by atoms with Crippen molar-refractivity contribution in [3.8, 4) is 0 Å². The summed E-state index contributed by atoms with van der Waals surface area (Å²) in [4.78, 5) is 29.2. The van der Waals surface area contributed by atoms with Crippen LogP contribution < -0.4 is 4.90 Å². The van der Waals surface area contributed by atoms with Crippen LogP contribution in [0.15, 0.2) is 18.2 Å². The third kappa shape index (κ3) is 2.60. The van der Waals surface area contributed by atoms with E-state index < -0.39 is 0 Å². The predicted molar refractivity (Wildman–Crippen MR) is 87.4 cm³/mol. The predicted octanol–water partition coefficient (Wildman–Crippen LogP) is 3.48. The summed E-state index contributed by atoms with van der Waals surface area (Å²) in [6.45, 7) is 3.45. The fourth-order valence-electron chi connectivity index (χ4n) is 3.38. The lowest BCUT2D eigenvalue weighted by molar-refractivity contribution is -0.122. The lowest BCUT2D eigenvalue weighted by Crippen LogP contribution is -2.45. The molecule has 0 N–H and O–H groups in total. The van der Waals surface area contributed by atoms with Gasteiger partial charge in [0.2, 0.25) is 5.91 Å². The number of hydrogen-bond acceptors (Lipinski definition) is 2. The van der Waals surface area contributed by atoms with E-state index in [4.69, 9.17) is 11.6 Å². The van der Waals surface area contributed by atoms with Crippen molar-refractivity contribution in [1.29, 1.82) is 0 Å². The maximum Gasteiger partial charge on any atom is 0.256 e. The molecule has 4 nitrogen and oxygen atoms in total. The Labute approximate surface area is 136 Å². The molecule has 0 bridgehead atoms. The lowest BCUT2D eigenvalue weighted by atomic mass is 10.1. The molecule has 0 saturated carbocycles. The van der Waals surface area contributed by atoms with E-state index in [-0.39, 0.29) is 17.9 Å². The number of halogens is 1. The highest BCUT2D eigenvalue weighted by Gasteiger charge is 2.41. The summed E-state index contributed by atoms with van der Waals surface area (Å²) in [5.41, 5.74) is 1.27. The Morgan fingerprint density at radius 2 is 2.09 bits per heavy atom. The van der Waals surface area contributed by atoms with Crippen molar-refractivity contribution >= 4 is 29.1 Å². The Hall–Kier alpha value is -1.55. The van der Waals surface area contributed by atoms with Crippen molar-refractivity contribution in [3.63, 3.8) is 0 Å². The van der Waals surface area contributed by atoms with Crippen LogP contribution in [0.3, 0.4) is 0 Å². The maximum atomic E-state index is 12.9. The highest BCUT2D eigenvalue weighted by Crippen LogP contribution is 2.34. The summed E-state index contributed by atoms with van der Waals surface area (Å²) in [5.74, 6) is 0.00322. The number of hydrogen-bond donors (Lipinski definition) is 0. The summed E-state index contributed by atoms with van der Waals surface area (Å²) >= 11 is 6.11. The molecule has 1 aromatic carbocycles. The first-order valence-corrected chi connectivity index (χ1v) is 8.43. The summed E-state index contributed by atoms with van der Waals surface area (Å²) in [6.07, 6.45) is 4.76. The van der Waals surface area contributed by atoms with E-state index in [2.05, 4.69) is 6.92 Å². The molecule has 1 fully saturated rings. The summed E-state index contributed by atoms with van der Waals surface area (Å²) in [7, 11) is 0. The lowest BCUT2D eigenvalue weighted by Gasteiger charge is -2.26. The van der Waals surface area contributed by atoms with E-state index >= 15 is 0 Å². The van der Waals surface area contributed by atoms with Crippen LogP contribution in [-0.4, -0.2) is 35.8 Å². The van der Waals surface area contributed by atoms with Crippen LogP contribution in [0.1, 0.15) is 49.4 Å². The second kappa shape index (κ2) is 6.29. The number of anilines is 1. The van der Waals surface area contributed by atoms with Crippen molar-refractivity contribution < 1.29 is 9.59 Å². The molecule has 2 heterocycles. The van der Waals surface area contributed by atoms with Gasteiger partial charge in [0.05, 0.1) is 11.3 Å². The van der Waals surface area contributed by atoms with E-state index in [1.165, 1.54) is 0 Å². The molecule has 0 aliphatic carbocycles. The fraction of sp³-hybridized carbons (Fsp3) is 0.529. The van der Waals surface area contributed by atoms with Gasteiger partial charge in [0, 0.05) is 18.1 Å². The van der Waals surface area contributed by atoms with Gasteiger partial charge in [0.15, 0.2) is 0 Å². The Bertz CT molecular complexity index is 602. The van der Waals surface area contributed by atoms with E-state index in [9.17, 15) is 9.59 Å². The Morgan fingerprint density at radius 1 is 1.27 bits per heavy atom. The normalized spacial score (nSPS) is 20.9. The molecule has 22 heavy (non-hydrogen) atoms. The quantitative estimate of drug-likeness (QED) is 0.797. The fourth-order valence-corrected chi connectivity index (χ4v) is 3.55. The van der Waals surface area contributed by atoms with Crippen molar-refractivity contribution in [2.24, 2.45) is 0 Å². The second-order valence-electron chi connectivity index (χ2n) is 6.02. The molecule has 0 unspecified atom stereocenters. The number of benzene rings is 1. The van der Waals surface area contributed by atoms with Crippen LogP contribution >= 0.6 is 11.6 Å². The van der Waals surface area contributed by atoms with Crippen molar-refractivity contribution in [2.75, 3.05) is 18.0 Å². The molecule has 5 heteroatoms. The maximum absolute atomic E-state index is 12.9. The molecule has 2 amide bonds. The number of carbonyl (C=O) groups is 2. The molecular formula is C17H21ClN2O2. The minimum Gasteiger partial charge on any atom is -0.327 e. The van der Waals surface area contributed by atoms with Crippen molar-refractivity contribution in [3.05, 3.63) is 28.8 Å². The first-order valence-electron chi connectivity index (χ1n) is 8.05. The molecular weight excluding hydrogens is 300 g/mol. The van der Waals surface area contributed by atoms with Gasteiger partial charge in [-0.1, -0.05) is 31.4 Å². The average molecular weight is 321 g/mol. The topological polar surface area (TPSA) is 40.6 Å². The average Bonchev–Trinajstić information content (AvgIpc) is 2.97. The molecule has 1 aromatic rings. The van der Waals surface area contributed by atoms with E-state index in [1.807, 2.05) is 0 Å². The Morgan fingerprint density at radius 3 is 2.86 bits per heavy atom.